The van der Waals surface area contributed by atoms with Gasteiger partial charge in [0.1, 0.15) is 12.5 Å². The van der Waals surface area contributed by atoms with Crippen LogP contribution in [-0.2, 0) is 14.3 Å². The molecule has 0 fully saturated rings. The molecule has 0 aliphatic heterocycles. The monoisotopic (exact) mass is 234 g/mol. The second-order valence-electron chi connectivity index (χ2n) is 3.68. The van der Waals surface area contributed by atoms with Crippen LogP contribution in [0.25, 0.3) is 0 Å². The molecule has 1 aromatic rings. The fraction of sp³-hybridized carbons (Fsp3) is 0.231. The Morgan fingerprint density at radius 2 is 1.94 bits per heavy atom. The van der Waals surface area contributed by atoms with Gasteiger partial charge in [0, 0.05) is 5.57 Å². The summed E-state index contributed by atoms with van der Waals surface area (Å²) in [6.07, 6.45) is 0. The molecule has 4 nitrogen and oxygen atoms in total. The van der Waals surface area contributed by atoms with Crippen LogP contribution in [0.2, 0.25) is 0 Å². The molecule has 0 bridgehead atoms. The first-order valence-electron chi connectivity index (χ1n) is 5.12. The number of rotatable bonds is 5. The number of carbonyl (C=O) groups excluding carboxylic acids is 1. The number of hydrogen-bond acceptors (Lipinski definition) is 3. The first-order valence-corrected chi connectivity index (χ1v) is 5.12. The van der Waals surface area contributed by atoms with E-state index in [1.807, 2.05) is 0 Å². The maximum Gasteiger partial charge on any atom is 0.333 e. The highest BCUT2D eigenvalue weighted by Gasteiger charge is 2.21. The van der Waals surface area contributed by atoms with Crippen molar-refractivity contribution in [2.75, 3.05) is 6.61 Å². The number of esters is 1. The van der Waals surface area contributed by atoms with Gasteiger partial charge in [0.15, 0.2) is 0 Å². The van der Waals surface area contributed by atoms with Crippen LogP contribution in [0.3, 0.4) is 0 Å². The summed E-state index contributed by atoms with van der Waals surface area (Å²) in [4.78, 5) is 22.3. The minimum absolute atomic E-state index is 0.189. The van der Waals surface area contributed by atoms with Crippen molar-refractivity contribution in [1.82, 2.24) is 0 Å². The lowest BCUT2D eigenvalue weighted by atomic mass is 10.0. The fourth-order valence-electron chi connectivity index (χ4n) is 1.28. The van der Waals surface area contributed by atoms with Gasteiger partial charge in [-0.2, -0.15) is 0 Å². The molecule has 1 atom stereocenters. The van der Waals surface area contributed by atoms with Crippen molar-refractivity contribution in [3.05, 3.63) is 48.0 Å². The molecule has 0 spiro atoms. The maximum absolute atomic E-state index is 11.2. The number of ether oxygens (including phenoxy) is 1. The lowest BCUT2D eigenvalue weighted by Gasteiger charge is -2.13. The number of aliphatic carboxylic acids is 1. The molecule has 0 radical (unpaired) electrons. The average molecular weight is 234 g/mol. The van der Waals surface area contributed by atoms with Crippen LogP contribution in [0, 0.1) is 0 Å². The van der Waals surface area contributed by atoms with Crippen molar-refractivity contribution in [3.8, 4) is 0 Å². The molecule has 0 aromatic heterocycles. The number of carboxylic acids is 1. The molecular weight excluding hydrogens is 220 g/mol. The Kier molecular flexibility index (Phi) is 4.46. The molecule has 1 unspecified atom stereocenters. The van der Waals surface area contributed by atoms with E-state index in [1.54, 1.807) is 30.3 Å². The first kappa shape index (κ1) is 13.0. The summed E-state index contributed by atoms with van der Waals surface area (Å²) in [7, 11) is 0. The molecule has 0 saturated carbocycles. The topological polar surface area (TPSA) is 63.6 Å². The molecule has 0 heterocycles. The van der Waals surface area contributed by atoms with E-state index in [0.717, 1.165) is 0 Å². The van der Waals surface area contributed by atoms with E-state index in [9.17, 15) is 9.59 Å². The van der Waals surface area contributed by atoms with Gasteiger partial charge < -0.3 is 9.84 Å². The van der Waals surface area contributed by atoms with Gasteiger partial charge in [0.2, 0.25) is 0 Å². The standard InChI is InChI=1S/C13H14O4/c1-9(2)13(16)17-8-11(12(14)15)10-6-4-3-5-7-10/h3-7,11H,1,8H2,2H3,(H,14,15). The molecule has 1 N–H and O–H groups in total. The Balaban J connectivity index is 2.72. The van der Waals surface area contributed by atoms with Gasteiger partial charge in [-0.05, 0) is 12.5 Å². The van der Waals surface area contributed by atoms with Crippen molar-refractivity contribution in [1.29, 1.82) is 0 Å². The van der Waals surface area contributed by atoms with E-state index in [4.69, 9.17) is 9.84 Å². The molecule has 0 aliphatic carbocycles. The van der Waals surface area contributed by atoms with Crippen LogP contribution in [0.5, 0.6) is 0 Å². The van der Waals surface area contributed by atoms with Crippen LogP contribution < -0.4 is 0 Å². The van der Waals surface area contributed by atoms with Crippen LogP contribution >= 0.6 is 0 Å². The summed E-state index contributed by atoms with van der Waals surface area (Å²) in [5.74, 6) is -2.45. The van der Waals surface area contributed by atoms with Crippen LogP contribution in [0.15, 0.2) is 42.5 Å². The molecule has 0 aliphatic rings. The molecule has 0 amide bonds. The molecule has 1 rings (SSSR count). The van der Waals surface area contributed by atoms with E-state index in [0.29, 0.717) is 5.56 Å². The summed E-state index contributed by atoms with van der Waals surface area (Å²) in [5, 5.41) is 9.06. The summed E-state index contributed by atoms with van der Waals surface area (Å²) in [6.45, 7) is 4.75. The predicted octanol–water partition coefficient (Wildman–Crippen LogP) is 1.97. The molecule has 17 heavy (non-hydrogen) atoms. The number of hydrogen-bond donors (Lipinski definition) is 1. The van der Waals surface area contributed by atoms with Gasteiger partial charge in [0.25, 0.3) is 0 Å². The highest BCUT2D eigenvalue weighted by Crippen LogP contribution is 2.16. The van der Waals surface area contributed by atoms with Crippen LogP contribution in [0.1, 0.15) is 18.4 Å². The minimum Gasteiger partial charge on any atom is -0.481 e. The highest BCUT2D eigenvalue weighted by atomic mass is 16.5. The van der Waals surface area contributed by atoms with Gasteiger partial charge in [-0.1, -0.05) is 36.9 Å². The predicted molar refractivity (Wildman–Crippen MR) is 62.6 cm³/mol. The number of benzene rings is 1. The second-order valence-corrected chi connectivity index (χ2v) is 3.68. The summed E-state index contributed by atoms with van der Waals surface area (Å²) < 4.78 is 4.86. The maximum atomic E-state index is 11.2. The van der Waals surface area contributed by atoms with Gasteiger partial charge in [-0.3, -0.25) is 4.79 Å². The zero-order valence-corrected chi connectivity index (χ0v) is 9.55. The third-order valence-corrected chi connectivity index (χ3v) is 2.23. The normalized spacial score (nSPS) is 11.6. The molecule has 4 heteroatoms. The molecular formula is C13H14O4. The van der Waals surface area contributed by atoms with E-state index in [1.165, 1.54) is 6.92 Å². The van der Waals surface area contributed by atoms with E-state index in [2.05, 4.69) is 6.58 Å². The Labute approximate surface area is 99.5 Å². The van der Waals surface area contributed by atoms with Crippen molar-refractivity contribution in [2.45, 2.75) is 12.8 Å². The number of carbonyl (C=O) groups is 2. The second kappa shape index (κ2) is 5.84. The highest BCUT2D eigenvalue weighted by molar-refractivity contribution is 5.87. The van der Waals surface area contributed by atoms with Crippen molar-refractivity contribution in [2.24, 2.45) is 0 Å². The van der Waals surface area contributed by atoms with Crippen molar-refractivity contribution < 1.29 is 19.4 Å². The largest absolute Gasteiger partial charge is 0.481 e. The molecule has 0 saturated heterocycles. The van der Waals surface area contributed by atoms with E-state index in [-0.39, 0.29) is 12.2 Å². The van der Waals surface area contributed by atoms with E-state index >= 15 is 0 Å². The lowest BCUT2D eigenvalue weighted by molar-refractivity contribution is -0.145. The lowest BCUT2D eigenvalue weighted by Crippen LogP contribution is -2.20. The van der Waals surface area contributed by atoms with Crippen LogP contribution in [-0.4, -0.2) is 23.7 Å². The van der Waals surface area contributed by atoms with Crippen molar-refractivity contribution in [3.63, 3.8) is 0 Å². The van der Waals surface area contributed by atoms with Gasteiger partial charge in [-0.15, -0.1) is 0 Å². The summed E-state index contributed by atoms with van der Waals surface area (Å²) in [5.41, 5.74) is 0.858. The van der Waals surface area contributed by atoms with Gasteiger partial charge in [-0.25, -0.2) is 4.79 Å². The van der Waals surface area contributed by atoms with Crippen LogP contribution in [0.4, 0.5) is 0 Å². The SMILES string of the molecule is C=C(C)C(=O)OCC(C(=O)O)c1ccccc1. The smallest absolute Gasteiger partial charge is 0.333 e. The minimum atomic E-state index is -1.02. The Morgan fingerprint density at radius 1 is 1.35 bits per heavy atom. The Bertz CT molecular complexity index is 422. The fourth-order valence-corrected chi connectivity index (χ4v) is 1.28. The first-order chi connectivity index (χ1) is 8.02. The quantitative estimate of drug-likeness (QED) is 0.625. The Hall–Kier alpha value is -2.10. The third kappa shape index (κ3) is 3.75. The molecule has 1 aromatic carbocycles. The van der Waals surface area contributed by atoms with Gasteiger partial charge >= 0.3 is 11.9 Å². The molecule has 90 valence electrons. The zero-order valence-electron chi connectivity index (χ0n) is 9.55. The Morgan fingerprint density at radius 3 is 2.41 bits per heavy atom. The van der Waals surface area contributed by atoms with Gasteiger partial charge in [0.05, 0.1) is 0 Å². The summed E-state index contributed by atoms with van der Waals surface area (Å²) >= 11 is 0. The summed E-state index contributed by atoms with van der Waals surface area (Å²) in [6, 6.07) is 8.65. The third-order valence-electron chi connectivity index (χ3n) is 2.23. The zero-order chi connectivity index (χ0) is 12.8. The number of carboxylic acid groups (broad SMARTS) is 1. The average Bonchev–Trinajstić information content (AvgIpc) is 2.29. The van der Waals surface area contributed by atoms with Crippen molar-refractivity contribution >= 4 is 11.9 Å². The van der Waals surface area contributed by atoms with E-state index < -0.39 is 17.9 Å².